The first-order chi connectivity index (χ1) is 14.6. The summed E-state index contributed by atoms with van der Waals surface area (Å²) in [6.07, 6.45) is 1.79. The molecule has 1 heterocycles. The SMILES string of the molecule is COc1ccc(-c2cn(C)c(=O)c3cc(F)ccc23)cc1SNCc1ccccc1. The van der Waals surface area contributed by atoms with E-state index in [0.29, 0.717) is 11.9 Å². The van der Waals surface area contributed by atoms with Gasteiger partial charge in [0, 0.05) is 25.4 Å². The van der Waals surface area contributed by atoms with Crippen LogP contribution in [0.4, 0.5) is 4.39 Å². The summed E-state index contributed by atoms with van der Waals surface area (Å²) in [5.74, 6) is 0.331. The zero-order valence-electron chi connectivity index (χ0n) is 16.7. The average Bonchev–Trinajstić information content (AvgIpc) is 2.77. The van der Waals surface area contributed by atoms with E-state index < -0.39 is 5.82 Å². The molecular weight excluding hydrogens is 399 g/mol. The summed E-state index contributed by atoms with van der Waals surface area (Å²) >= 11 is 1.49. The van der Waals surface area contributed by atoms with Crippen molar-refractivity contribution in [1.29, 1.82) is 0 Å². The van der Waals surface area contributed by atoms with Crippen molar-refractivity contribution in [3.05, 3.63) is 94.7 Å². The molecule has 0 saturated heterocycles. The van der Waals surface area contributed by atoms with Gasteiger partial charge >= 0.3 is 0 Å². The van der Waals surface area contributed by atoms with Crippen molar-refractivity contribution in [2.45, 2.75) is 11.4 Å². The predicted molar refractivity (Wildman–Crippen MR) is 120 cm³/mol. The molecule has 0 spiro atoms. The summed E-state index contributed by atoms with van der Waals surface area (Å²) in [5.41, 5.74) is 2.75. The van der Waals surface area contributed by atoms with Crippen LogP contribution in [0.25, 0.3) is 21.9 Å². The zero-order chi connectivity index (χ0) is 21.1. The van der Waals surface area contributed by atoms with E-state index in [1.54, 1.807) is 26.4 Å². The molecule has 0 atom stereocenters. The van der Waals surface area contributed by atoms with E-state index in [0.717, 1.165) is 27.2 Å². The Morgan fingerprint density at radius 2 is 1.83 bits per heavy atom. The van der Waals surface area contributed by atoms with Crippen LogP contribution in [0.2, 0.25) is 0 Å². The number of ether oxygens (including phenoxy) is 1. The van der Waals surface area contributed by atoms with Crippen LogP contribution in [-0.2, 0) is 13.6 Å². The second-order valence-electron chi connectivity index (χ2n) is 6.92. The monoisotopic (exact) mass is 420 g/mol. The Bertz CT molecular complexity index is 1260. The molecule has 1 aromatic heterocycles. The van der Waals surface area contributed by atoms with Gasteiger partial charge in [-0.15, -0.1) is 0 Å². The maximum Gasteiger partial charge on any atom is 0.258 e. The number of pyridine rings is 1. The molecule has 0 aliphatic rings. The zero-order valence-corrected chi connectivity index (χ0v) is 17.5. The van der Waals surface area contributed by atoms with Gasteiger partial charge in [0.1, 0.15) is 11.6 Å². The van der Waals surface area contributed by atoms with E-state index in [1.165, 1.54) is 34.2 Å². The van der Waals surface area contributed by atoms with Crippen LogP contribution in [0.1, 0.15) is 5.56 Å². The van der Waals surface area contributed by atoms with Crippen LogP contribution < -0.4 is 15.0 Å². The Morgan fingerprint density at radius 1 is 1.03 bits per heavy atom. The summed E-state index contributed by atoms with van der Waals surface area (Å²) in [6.45, 7) is 0.709. The van der Waals surface area contributed by atoms with Gasteiger partial charge in [0.2, 0.25) is 0 Å². The minimum absolute atomic E-state index is 0.221. The molecule has 0 fully saturated rings. The Morgan fingerprint density at radius 3 is 2.60 bits per heavy atom. The largest absolute Gasteiger partial charge is 0.496 e. The van der Waals surface area contributed by atoms with Gasteiger partial charge in [-0.3, -0.25) is 9.52 Å². The highest BCUT2D eigenvalue weighted by atomic mass is 32.2. The standard InChI is InChI=1S/C24H21FN2O2S/c1-27-15-21(19-10-9-18(25)13-20(19)24(27)28)17-8-11-22(29-2)23(12-17)30-26-14-16-6-4-3-5-7-16/h3-13,15,26H,14H2,1-2H3. The smallest absolute Gasteiger partial charge is 0.258 e. The van der Waals surface area contributed by atoms with Crippen LogP contribution in [-0.4, -0.2) is 11.7 Å². The number of nitrogens with zero attached hydrogens (tertiary/aromatic N) is 1. The Labute approximate surface area is 178 Å². The molecule has 0 aliphatic carbocycles. The molecule has 0 radical (unpaired) electrons. The number of nitrogens with one attached hydrogen (secondary N) is 1. The van der Waals surface area contributed by atoms with Gasteiger partial charge in [0.15, 0.2) is 0 Å². The number of benzene rings is 3. The number of halogens is 1. The lowest BCUT2D eigenvalue weighted by Gasteiger charge is -2.14. The third kappa shape index (κ3) is 4.10. The first kappa shape index (κ1) is 20.2. The van der Waals surface area contributed by atoms with Crippen molar-refractivity contribution < 1.29 is 9.13 Å². The minimum Gasteiger partial charge on any atom is -0.496 e. The quantitative estimate of drug-likeness (QED) is 0.438. The number of hydrogen-bond donors (Lipinski definition) is 1. The fraction of sp³-hybridized carbons (Fsp3) is 0.125. The van der Waals surface area contributed by atoms with Crippen molar-refractivity contribution in [2.24, 2.45) is 7.05 Å². The molecule has 1 N–H and O–H groups in total. The molecule has 0 amide bonds. The molecule has 152 valence electrons. The number of hydrogen-bond acceptors (Lipinski definition) is 4. The highest BCUT2D eigenvalue weighted by molar-refractivity contribution is 7.97. The summed E-state index contributed by atoms with van der Waals surface area (Å²) in [6, 6.07) is 20.3. The van der Waals surface area contributed by atoms with E-state index in [1.807, 2.05) is 36.4 Å². The fourth-order valence-electron chi connectivity index (χ4n) is 3.39. The summed E-state index contributed by atoms with van der Waals surface area (Å²) in [4.78, 5) is 13.4. The van der Waals surface area contributed by atoms with Crippen molar-refractivity contribution in [3.63, 3.8) is 0 Å². The van der Waals surface area contributed by atoms with E-state index in [2.05, 4.69) is 16.9 Å². The molecule has 0 unspecified atom stereocenters. The van der Waals surface area contributed by atoms with Gasteiger partial charge in [0.25, 0.3) is 5.56 Å². The molecule has 0 aliphatic heterocycles. The molecule has 6 heteroatoms. The van der Waals surface area contributed by atoms with Gasteiger partial charge < -0.3 is 9.30 Å². The summed E-state index contributed by atoms with van der Waals surface area (Å²) < 4.78 is 24.1. The maximum absolute atomic E-state index is 13.7. The van der Waals surface area contributed by atoms with Crippen molar-refractivity contribution in [3.8, 4) is 16.9 Å². The lowest BCUT2D eigenvalue weighted by atomic mass is 10.0. The average molecular weight is 421 g/mol. The van der Waals surface area contributed by atoms with Crippen LogP contribution in [0.3, 0.4) is 0 Å². The van der Waals surface area contributed by atoms with Crippen LogP contribution in [0.5, 0.6) is 5.75 Å². The Kier molecular flexibility index (Phi) is 5.88. The van der Waals surface area contributed by atoms with E-state index in [9.17, 15) is 9.18 Å². The normalized spacial score (nSPS) is 11.0. The highest BCUT2D eigenvalue weighted by Gasteiger charge is 2.13. The number of aryl methyl sites for hydroxylation is 1. The molecule has 4 aromatic rings. The van der Waals surface area contributed by atoms with Crippen LogP contribution >= 0.6 is 11.9 Å². The topological polar surface area (TPSA) is 43.3 Å². The van der Waals surface area contributed by atoms with Crippen molar-refractivity contribution in [2.75, 3.05) is 7.11 Å². The second-order valence-corrected chi connectivity index (χ2v) is 7.86. The number of aromatic nitrogens is 1. The van der Waals surface area contributed by atoms with Gasteiger partial charge in [-0.1, -0.05) is 42.5 Å². The Hall–Kier alpha value is -3.09. The van der Waals surface area contributed by atoms with E-state index in [-0.39, 0.29) is 5.56 Å². The molecule has 30 heavy (non-hydrogen) atoms. The lowest BCUT2D eigenvalue weighted by molar-refractivity contribution is 0.405. The predicted octanol–water partition coefficient (Wildman–Crippen LogP) is 5.15. The van der Waals surface area contributed by atoms with E-state index >= 15 is 0 Å². The van der Waals surface area contributed by atoms with Crippen LogP contribution in [0.15, 0.2) is 82.6 Å². The summed E-state index contributed by atoms with van der Waals surface area (Å²) in [5, 5.41) is 1.08. The molecule has 0 bridgehead atoms. The number of methoxy groups -OCH3 is 1. The molecule has 4 nitrogen and oxygen atoms in total. The molecule has 3 aromatic carbocycles. The second kappa shape index (κ2) is 8.73. The lowest BCUT2D eigenvalue weighted by Crippen LogP contribution is -2.16. The first-order valence-electron chi connectivity index (χ1n) is 9.48. The summed E-state index contributed by atoms with van der Waals surface area (Å²) in [7, 11) is 3.32. The maximum atomic E-state index is 13.7. The minimum atomic E-state index is -0.423. The van der Waals surface area contributed by atoms with Gasteiger partial charge in [-0.05, 0) is 52.7 Å². The van der Waals surface area contributed by atoms with Crippen molar-refractivity contribution >= 4 is 22.7 Å². The Balaban J connectivity index is 1.71. The van der Waals surface area contributed by atoms with Gasteiger partial charge in [-0.25, -0.2) is 4.39 Å². The third-order valence-corrected chi connectivity index (χ3v) is 5.75. The van der Waals surface area contributed by atoms with Gasteiger partial charge in [0.05, 0.1) is 17.4 Å². The van der Waals surface area contributed by atoms with E-state index in [4.69, 9.17) is 4.74 Å². The van der Waals surface area contributed by atoms with Crippen molar-refractivity contribution in [1.82, 2.24) is 9.29 Å². The number of fused-ring (bicyclic) bond motifs is 1. The van der Waals surface area contributed by atoms with Gasteiger partial charge in [-0.2, -0.15) is 0 Å². The molecular formula is C24H21FN2O2S. The first-order valence-corrected chi connectivity index (χ1v) is 10.3. The third-order valence-electron chi connectivity index (χ3n) is 4.92. The fourth-order valence-corrected chi connectivity index (χ4v) is 4.22. The molecule has 0 saturated carbocycles. The van der Waals surface area contributed by atoms with Crippen LogP contribution in [0, 0.1) is 5.82 Å². The molecule has 4 rings (SSSR count). The number of rotatable bonds is 6. The highest BCUT2D eigenvalue weighted by Crippen LogP contribution is 2.35.